The number of halogens is 1. The maximum atomic E-state index is 13.6. The average molecular weight is 409 g/mol. The summed E-state index contributed by atoms with van der Waals surface area (Å²) in [6.45, 7) is 8.25. The Morgan fingerprint density at radius 3 is 2.83 bits per heavy atom. The molecule has 0 spiro atoms. The van der Waals surface area contributed by atoms with Gasteiger partial charge >= 0.3 is 0 Å². The average Bonchev–Trinajstić information content (AvgIpc) is 2.74. The van der Waals surface area contributed by atoms with E-state index >= 15 is 0 Å². The molecule has 0 unspecified atom stereocenters. The van der Waals surface area contributed by atoms with E-state index in [0.29, 0.717) is 24.3 Å². The van der Waals surface area contributed by atoms with Crippen LogP contribution >= 0.6 is 0 Å². The number of aryl methyl sites for hydroxylation is 2. The number of hydrogen-bond donors (Lipinski definition) is 0. The van der Waals surface area contributed by atoms with Gasteiger partial charge in [0.05, 0.1) is 0 Å². The summed E-state index contributed by atoms with van der Waals surface area (Å²) in [7, 11) is 2.04. The van der Waals surface area contributed by atoms with Crippen molar-refractivity contribution in [3.63, 3.8) is 0 Å². The Morgan fingerprint density at radius 1 is 1.23 bits per heavy atom. The van der Waals surface area contributed by atoms with Crippen LogP contribution in [0.4, 0.5) is 10.1 Å². The maximum Gasteiger partial charge on any atom is 0.258 e. The van der Waals surface area contributed by atoms with Crippen molar-refractivity contribution in [2.75, 3.05) is 38.2 Å². The number of carbonyl (C=O) groups excluding carboxylic acids is 1. The standard InChI is InChI=1S/C25H29FN2O2/c1-4-13-27(3)14-5-6-16-30-22-10-12-24-20(18-22)8-7-15-28(24)25(29)21-9-11-23(26)19(2)17-21/h4-6,9-12,17-18H,1,7-8,13-16H2,2-3H3. The first-order valence-corrected chi connectivity index (χ1v) is 10.3. The topological polar surface area (TPSA) is 32.8 Å². The zero-order valence-electron chi connectivity index (χ0n) is 17.7. The van der Waals surface area contributed by atoms with Crippen molar-refractivity contribution < 1.29 is 13.9 Å². The van der Waals surface area contributed by atoms with Crippen LogP contribution < -0.4 is 9.64 Å². The van der Waals surface area contributed by atoms with Gasteiger partial charge in [-0.05, 0) is 74.3 Å². The molecule has 0 bridgehead atoms. The summed E-state index contributed by atoms with van der Waals surface area (Å²) < 4.78 is 19.4. The van der Waals surface area contributed by atoms with E-state index in [2.05, 4.69) is 17.6 Å². The van der Waals surface area contributed by atoms with Gasteiger partial charge < -0.3 is 9.64 Å². The number of carbonyl (C=O) groups is 1. The Bertz CT molecular complexity index is 939. The monoisotopic (exact) mass is 408 g/mol. The van der Waals surface area contributed by atoms with Crippen LogP contribution in [-0.4, -0.2) is 44.1 Å². The zero-order valence-corrected chi connectivity index (χ0v) is 17.7. The van der Waals surface area contributed by atoms with Gasteiger partial charge in [0.1, 0.15) is 18.2 Å². The van der Waals surface area contributed by atoms with Crippen molar-refractivity contribution in [2.24, 2.45) is 0 Å². The number of ether oxygens (including phenoxy) is 1. The number of fused-ring (bicyclic) bond motifs is 1. The highest BCUT2D eigenvalue weighted by atomic mass is 19.1. The molecule has 2 aromatic carbocycles. The van der Waals surface area contributed by atoms with Crippen LogP contribution in [0.15, 0.2) is 61.2 Å². The maximum absolute atomic E-state index is 13.6. The molecule has 0 saturated heterocycles. The molecular weight excluding hydrogens is 379 g/mol. The van der Waals surface area contributed by atoms with E-state index in [4.69, 9.17) is 4.74 Å². The summed E-state index contributed by atoms with van der Waals surface area (Å²) >= 11 is 0. The van der Waals surface area contributed by atoms with Crippen LogP contribution in [0.5, 0.6) is 5.75 Å². The molecular formula is C25H29FN2O2. The van der Waals surface area contributed by atoms with Gasteiger partial charge in [-0.1, -0.05) is 18.2 Å². The number of hydrogen-bond acceptors (Lipinski definition) is 3. The summed E-state index contributed by atoms with van der Waals surface area (Å²) in [5.74, 6) is 0.401. The molecule has 1 aliphatic rings. The van der Waals surface area contributed by atoms with Crippen LogP contribution in [0.1, 0.15) is 27.9 Å². The summed E-state index contributed by atoms with van der Waals surface area (Å²) in [6, 6.07) is 10.4. The minimum absolute atomic E-state index is 0.0979. The Labute approximate surface area is 178 Å². The third-order valence-electron chi connectivity index (χ3n) is 5.19. The predicted molar refractivity (Wildman–Crippen MR) is 120 cm³/mol. The SMILES string of the molecule is C=CCN(C)CC=CCOc1ccc2c(c1)CCCN2C(=O)c1ccc(F)c(C)c1. The highest BCUT2D eigenvalue weighted by Gasteiger charge is 2.24. The Balaban J connectivity index is 1.65. The number of rotatable bonds is 8. The fraction of sp³-hybridized carbons (Fsp3) is 0.320. The highest BCUT2D eigenvalue weighted by molar-refractivity contribution is 6.06. The van der Waals surface area contributed by atoms with E-state index < -0.39 is 0 Å². The normalized spacial score (nSPS) is 13.5. The lowest BCUT2D eigenvalue weighted by molar-refractivity contribution is 0.0985. The first-order valence-electron chi connectivity index (χ1n) is 10.3. The third-order valence-corrected chi connectivity index (χ3v) is 5.19. The van der Waals surface area contributed by atoms with Gasteiger partial charge in [0.15, 0.2) is 0 Å². The zero-order chi connectivity index (χ0) is 21.5. The quantitative estimate of drug-likeness (QED) is 0.590. The molecule has 0 radical (unpaired) electrons. The number of likely N-dealkylation sites (N-methyl/N-ethyl adjacent to an activating group) is 1. The van der Waals surface area contributed by atoms with E-state index in [1.165, 1.54) is 6.07 Å². The molecule has 4 nitrogen and oxygen atoms in total. The molecule has 158 valence electrons. The fourth-order valence-electron chi connectivity index (χ4n) is 3.57. The molecule has 3 rings (SSSR count). The lowest BCUT2D eigenvalue weighted by atomic mass is 10.00. The summed E-state index contributed by atoms with van der Waals surface area (Å²) in [6.07, 6.45) is 7.75. The fourth-order valence-corrected chi connectivity index (χ4v) is 3.57. The number of nitrogens with zero attached hydrogens (tertiary/aromatic N) is 2. The van der Waals surface area contributed by atoms with Crippen molar-refractivity contribution in [2.45, 2.75) is 19.8 Å². The lowest BCUT2D eigenvalue weighted by Crippen LogP contribution is -2.35. The van der Waals surface area contributed by atoms with Crippen LogP contribution in [0.25, 0.3) is 0 Å². The van der Waals surface area contributed by atoms with Crippen molar-refractivity contribution >= 4 is 11.6 Å². The van der Waals surface area contributed by atoms with Gasteiger partial charge in [-0.25, -0.2) is 4.39 Å². The van der Waals surface area contributed by atoms with E-state index in [1.807, 2.05) is 37.4 Å². The van der Waals surface area contributed by atoms with Gasteiger partial charge in [-0.15, -0.1) is 6.58 Å². The number of anilines is 1. The second-order valence-electron chi connectivity index (χ2n) is 7.61. The van der Waals surface area contributed by atoms with Crippen LogP contribution in [0, 0.1) is 12.7 Å². The van der Waals surface area contributed by atoms with Crippen molar-refractivity contribution in [1.82, 2.24) is 4.90 Å². The van der Waals surface area contributed by atoms with Gasteiger partial charge in [0, 0.05) is 30.9 Å². The van der Waals surface area contributed by atoms with Crippen LogP contribution in [-0.2, 0) is 6.42 Å². The third kappa shape index (κ3) is 5.36. The molecule has 0 aliphatic carbocycles. The molecule has 0 saturated carbocycles. The molecule has 2 aromatic rings. The van der Waals surface area contributed by atoms with E-state index in [0.717, 1.165) is 42.9 Å². The second kappa shape index (κ2) is 10.2. The highest BCUT2D eigenvalue weighted by Crippen LogP contribution is 2.31. The number of amides is 1. The first kappa shape index (κ1) is 21.8. The largest absolute Gasteiger partial charge is 0.490 e. The molecule has 0 aromatic heterocycles. The second-order valence-corrected chi connectivity index (χ2v) is 7.61. The van der Waals surface area contributed by atoms with Gasteiger partial charge in [-0.2, -0.15) is 0 Å². The van der Waals surface area contributed by atoms with Crippen molar-refractivity contribution in [1.29, 1.82) is 0 Å². The van der Waals surface area contributed by atoms with Gasteiger partial charge in [0.2, 0.25) is 0 Å². The summed E-state index contributed by atoms with van der Waals surface area (Å²) in [4.78, 5) is 16.9. The van der Waals surface area contributed by atoms with Crippen LogP contribution in [0.3, 0.4) is 0 Å². The molecule has 5 heteroatoms. The molecule has 0 fully saturated rings. The van der Waals surface area contributed by atoms with E-state index in [1.54, 1.807) is 24.0 Å². The molecule has 1 amide bonds. The minimum Gasteiger partial charge on any atom is -0.490 e. The Kier molecular flexibility index (Phi) is 7.41. The van der Waals surface area contributed by atoms with Gasteiger partial charge in [-0.3, -0.25) is 9.69 Å². The summed E-state index contributed by atoms with van der Waals surface area (Å²) in [5, 5.41) is 0. The predicted octanol–water partition coefficient (Wildman–Crippen LogP) is 4.78. The Morgan fingerprint density at radius 2 is 2.07 bits per heavy atom. The molecule has 0 N–H and O–H groups in total. The van der Waals surface area contributed by atoms with Crippen molar-refractivity contribution in [3.8, 4) is 5.75 Å². The van der Waals surface area contributed by atoms with E-state index in [9.17, 15) is 9.18 Å². The minimum atomic E-state index is -0.297. The molecule has 30 heavy (non-hydrogen) atoms. The first-order chi connectivity index (χ1) is 14.5. The Hall–Kier alpha value is -2.92. The van der Waals surface area contributed by atoms with Gasteiger partial charge in [0.25, 0.3) is 5.91 Å². The molecule has 1 heterocycles. The lowest BCUT2D eigenvalue weighted by Gasteiger charge is -2.30. The molecule has 1 aliphatic heterocycles. The van der Waals surface area contributed by atoms with Crippen molar-refractivity contribution in [3.05, 3.63) is 83.7 Å². The number of benzene rings is 2. The van der Waals surface area contributed by atoms with E-state index in [-0.39, 0.29) is 11.7 Å². The van der Waals surface area contributed by atoms with Crippen LogP contribution in [0.2, 0.25) is 0 Å². The summed E-state index contributed by atoms with van der Waals surface area (Å²) in [5.41, 5.74) is 2.99. The smallest absolute Gasteiger partial charge is 0.258 e. The molecule has 0 atom stereocenters.